The Morgan fingerprint density at radius 2 is 1.95 bits per heavy atom. The van der Waals surface area contributed by atoms with Crippen molar-refractivity contribution in [1.82, 2.24) is 15.0 Å². The fourth-order valence-electron chi connectivity index (χ4n) is 2.67. The van der Waals surface area contributed by atoms with E-state index in [-0.39, 0.29) is 5.28 Å². The molecule has 1 aliphatic carbocycles. The highest BCUT2D eigenvalue weighted by atomic mass is 35.5. The number of aromatic nitrogens is 3. The molecule has 0 amide bonds. The molecule has 0 spiro atoms. The van der Waals surface area contributed by atoms with Gasteiger partial charge in [0.05, 0.1) is 6.61 Å². The molecule has 0 aromatic carbocycles. The van der Waals surface area contributed by atoms with Crippen LogP contribution in [0.5, 0.6) is 6.01 Å². The first-order chi connectivity index (χ1) is 10.2. The van der Waals surface area contributed by atoms with Gasteiger partial charge in [0.25, 0.3) is 0 Å². The second-order valence-corrected chi connectivity index (χ2v) is 6.24. The zero-order valence-corrected chi connectivity index (χ0v) is 13.7. The van der Waals surface area contributed by atoms with Crippen molar-refractivity contribution >= 4 is 17.5 Å². The van der Waals surface area contributed by atoms with Crippen molar-refractivity contribution < 1.29 is 4.74 Å². The first-order valence-electron chi connectivity index (χ1n) is 7.95. The largest absolute Gasteiger partial charge is 0.463 e. The van der Waals surface area contributed by atoms with Crippen LogP contribution in [0.25, 0.3) is 0 Å². The molecule has 1 saturated carbocycles. The molecular weight excluding hydrogens is 288 g/mol. The molecule has 21 heavy (non-hydrogen) atoms. The summed E-state index contributed by atoms with van der Waals surface area (Å²) in [6, 6.07) is 0.297. The third kappa shape index (κ3) is 5.65. The van der Waals surface area contributed by atoms with E-state index < -0.39 is 0 Å². The third-order valence-corrected chi connectivity index (χ3v) is 4.16. The summed E-state index contributed by atoms with van der Waals surface area (Å²) in [5, 5.41) is 3.41. The molecule has 0 saturated heterocycles. The van der Waals surface area contributed by atoms with E-state index in [4.69, 9.17) is 16.3 Å². The van der Waals surface area contributed by atoms with Gasteiger partial charge in [-0.05, 0) is 36.3 Å². The van der Waals surface area contributed by atoms with Gasteiger partial charge in [-0.25, -0.2) is 0 Å². The van der Waals surface area contributed by atoms with Gasteiger partial charge in [0, 0.05) is 6.54 Å². The first kappa shape index (κ1) is 16.3. The summed E-state index contributed by atoms with van der Waals surface area (Å²) < 4.78 is 5.40. The molecule has 2 rings (SSSR count). The fourth-order valence-corrected chi connectivity index (χ4v) is 2.83. The first-order valence-corrected chi connectivity index (χ1v) is 8.33. The molecule has 0 bridgehead atoms. The van der Waals surface area contributed by atoms with E-state index in [0.717, 1.165) is 31.2 Å². The number of ether oxygens (including phenoxy) is 1. The smallest absolute Gasteiger partial charge is 0.322 e. The van der Waals surface area contributed by atoms with E-state index in [1.807, 2.05) is 6.92 Å². The molecule has 1 heterocycles. The number of hydrogen-bond donors (Lipinski definition) is 1. The van der Waals surface area contributed by atoms with E-state index in [0.29, 0.717) is 18.6 Å². The Kier molecular flexibility index (Phi) is 6.49. The Morgan fingerprint density at radius 3 is 2.67 bits per heavy atom. The number of hydrogen-bond acceptors (Lipinski definition) is 5. The van der Waals surface area contributed by atoms with Gasteiger partial charge in [0.2, 0.25) is 11.2 Å². The minimum Gasteiger partial charge on any atom is -0.463 e. The Hall–Kier alpha value is -1.10. The quantitative estimate of drug-likeness (QED) is 0.826. The van der Waals surface area contributed by atoms with Crippen LogP contribution in [0.2, 0.25) is 5.28 Å². The lowest BCUT2D eigenvalue weighted by molar-refractivity contribution is 0.281. The average Bonchev–Trinajstić information content (AvgIpc) is 2.47. The summed E-state index contributed by atoms with van der Waals surface area (Å²) in [6.45, 7) is 5.83. The number of nitrogens with one attached hydrogen (secondary N) is 1. The van der Waals surface area contributed by atoms with Gasteiger partial charge in [-0.1, -0.05) is 39.5 Å². The van der Waals surface area contributed by atoms with Gasteiger partial charge in [-0.3, -0.25) is 0 Å². The molecule has 1 aliphatic rings. The number of anilines is 1. The molecule has 1 N–H and O–H groups in total. The minimum absolute atomic E-state index is 0.171. The van der Waals surface area contributed by atoms with Crippen molar-refractivity contribution in [2.45, 2.75) is 52.4 Å². The van der Waals surface area contributed by atoms with Crippen LogP contribution in [-0.2, 0) is 0 Å². The van der Waals surface area contributed by atoms with Crippen LogP contribution < -0.4 is 10.1 Å². The molecule has 6 heteroatoms. The predicted octanol–water partition coefficient (Wildman–Crippen LogP) is 3.94. The molecular formula is C15H25ClN4O. The second kappa shape index (κ2) is 8.37. The van der Waals surface area contributed by atoms with Crippen molar-refractivity contribution in [3.63, 3.8) is 0 Å². The van der Waals surface area contributed by atoms with Gasteiger partial charge in [-0.15, -0.1) is 0 Å². The van der Waals surface area contributed by atoms with E-state index in [9.17, 15) is 0 Å². The molecule has 0 aliphatic heterocycles. The van der Waals surface area contributed by atoms with Crippen molar-refractivity contribution in [1.29, 1.82) is 0 Å². The molecule has 1 aromatic heterocycles. The lowest BCUT2D eigenvalue weighted by Gasteiger charge is -2.26. The summed E-state index contributed by atoms with van der Waals surface area (Å²) in [5.74, 6) is 2.22. The van der Waals surface area contributed by atoms with Gasteiger partial charge in [-0.2, -0.15) is 15.0 Å². The molecule has 118 valence electrons. The number of halogens is 1. The van der Waals surface area contributed by atoms with E-state index in [1.54, 1.807) is 0 Å². The van der Waals surface area contributed by atoms with Gasteiger partial charge in [0.1, 0.15) is 0 Å². The zero-order chi connectivity index (χ0) is 15.1. The van der Waals surface area contributed by atoms with Crippen molar-refractivity contribution in [3.05, 3.63) is 5.28 Å². The van der Waals surface area contributed by atoms with Crippen LogP contribution in [0, 0.1) is 11.8 Å². The third-order valence-electron chi connectivity index (χ3n) is 3.99. The maximum atomic E-state index is 5.89. The van der Waals surface area contributed by atoms with Crippen LogP contribution in [0.1, 0.15) is 52.4 Å². The van der Waals surface area contributed by atoms with Crippen LogP contribution in [0.3, 0.4) is 0 Å². The minimum atomic E-state index is 0.171. The van der Waals surface area contributed by atoms with E-state index in [1.165, 1.54) is 25.7 Å². The number of rotatable bonds is 7. The number of nitrogens with zero attached hydrogens (tertiary/aromatic N) is 3. The van der Waals surface area contributed by atoms with Crippen LogP contribution >= 0.6 is 11.6 Å². The highest BCUT2D eigenvalue weighted by Gasteiger charge is 2.17. The molecule has 0 atom stereocenters. The monoisotopic (exact) mass is 312 g/mol. The normalized spacial score (nSPS) is 22.0. The van der Waals surface area contributed by atoms with Gasteiger partial charge < -0.3 is 10.1 Å². The standard InChI is InChI=1S/C15H25ClN4O/c1-3-10-21-15-19-13(16)18-14(20-15)17-9-8-12-6-4-11(2)5-7-12/h11-12H,3-10H2,1-2H3,(H,17,18,19,20). The van der Waals surface area contributed by atoms with Crippen molar-refractivity contribution in [2.24, 2.45) is 11.8 Å². The molecule has 0 radical (unpaired) electrons. The summed E-state index contributed by atoms with van der Waals surface area (Å²) in [7, 11) is 0. The highest BCUT2D eigenvalue weighted by Crippen LogP contribution is 2.30. The van der Waals surface area contributed by atoms with Crippen molar-refractivity contribution in [2.75, 3.05) is 18.5 Å². The van der Waals surface area contributed by atoms with Crippen LogP contribution in [0.15, 0.2) is 0 Å². The summed E-state index contributed by atoms with van der Waals surface area (Å²) in [4.78, 5) is 12.3. The average molecular weight is 313 g/mol. The maximum Gasteiger partial charge on any atom is 0.322 e. The van der Waals surface area contributed by atoms with E-state index in [2.05, 4.69) is 27.2 Å². The Morgan fingerprint density at radius 1 is 1.19 bits per heavy atom. The predicted molar refractivity (Wildman–Crippen MR) is 84.9 cm³/mol. The van der Waals surface area contributed by atoms with Crippen molar-refractivity contribution in [3.8, 4) is 6.01 Å². The Labute approximate surface area is 131 Å². The molecule has 5 nitrogen and oxygen atoms in total. The van der Waals surface area contributed by atoms with Gasteiger partial charge >= 0.3 is 6.01 Å². The Balaban J connectivity index is 1.78. The molecule has 1 aromatic rings. The second-order valence-electron chi connectivity index (χ2n) is 5.90. The van der Waals surface area contributed by atoms with Gasteiger partial charge in [0.15, 0.2) is 0 Å². The molecule has 0 unspecified atom stereocenters. The maximum absolute atomic E-state index is 5.89. The van der Waals surface area contributed by atoms with Crippen LogP contribution in [-0.4, -0.2) is 28.1 Å². The van der Waals surface area contributed by atoms with E-state index >= 15 is 0 Å². The Bertz CT molecular complexity index is 436. The SMILES string of the molecule is CCCOc1nc(Cl)nc(NCCC2CCC(C)CC2)n1. The summed E-state index contributed by atoms with van der Waals surface area (Å²) in [5.41, 5.74) is 0. The lowest BCUT2D eigenvalue weighted by Crippen LogP contribution is -2.16. The lowest BCUT2D eigenvalue weighted by atomic mass is 9.81. The molecule has 1 fully saturated rings. The summed E-state index contributed by atoms with van der Waals surface area (Å²) in [6.07, 6.45) is 7.46. The highest BCUT2D eigenvalue weighted by molar-refractivity contribution is 6.28. The topological polar surface area (TPSA) is 59.9 Å². The zero-order valence-electron chi connectivity index (χ0n) is 12.9. The van der Waals surface area contributed by atoms with Crippen LogP contribution in [0.4, 0.5) is 5.95 Å². The fraction of sp³-hybridized carbons (Fsp3) is 0.800. The summed E-state index contributed by atoms with van der Waals surface area (Å²) >= 11 is 5.89.